The van der Waals surface area contributed by atoms with Crippen molar-refractivity contribution in [3.8, 4) is 0 Å². The second-order valence-corrected chi connectivity index (χ2v) is 5.00. The van der Waals surface area contributed by atoms with E-state index in [1.807, 2.05) is 0 Å². The monoisotopic (exact) mass is 291 g/mol. The Morgan fingerprint density at radius 2 is 2.19 bits per heavy atom. The van der Waals surface area contributed by atoms with Gasteiger partial charge in [-0.2, -0.15) is 0 Å². The van der Waals surface area contributed by atoms with Crippen LogP contribution in [0.2, 0.25) is 0 Å². The van der Waals surface area contributed by atoms with Gasteiger partial charge in [-0.3, -0.25) is 9.69 Å². The molecule has 2 rings (SSSR count). The van der Waals surface area contributed by atoms with E-state index in [0.29, 0.717) is 17.8 Å². The molecule has 1 aliphatic heterocycles. The maximum Gasteiger partial charge on any atom is 0.337 e. The van der Waals surface area contributed by atoms with Crippen LogP contribution in [-0.4, -0.2) is 56.6 Å². The Balaban J connectivity index is 1.91. The number of hydrogen-bond donors (Lipinski definition) is 2. The molecule has 2 N–H and O–H groups in total. The van der Waals surface area contributed by atoms with Gasteiger partial charge in [0.2, 0.25) is 5.91 Å². The minimum Gasteiger partial charge on any atom is -0.465 e. The molecule has 1 aromatic carbocycles. The zero-order chi connectivity index (χ0) is 15.1. The first-order chi connectivity index (χ1) is 10.2. The lowest BCUT2D eigenvalue weighted by Gasteiger charge is -2.18. The van der Waals surface area contributed by atoms with Gasteiger partial charge in [-0.15, -0.1) is 0 Å². The van der Waals surface area contributed by atoms with E-state index in [9.17, 15) is 9.59 Å². The first kappa shape index (κ1) is 15.5. The summed E-state index contributed by atoms with van der Waals surface area (Å²) >= 11 is 0. The van der Waals surface area contributed by atoms with Crippen LogP contribution in [-0.2, 0) is 9.53 Å². The fourth-order valence-electron chi connectivity index (χ4n) is 2.31. The largest absolute Gasteiger partial charge is 0.465 e. The van der Waals surface area contributed by atoms with E-state index >= 15 is 0 Å². The Morgan fingerprint density at radius 1 is 1.33 bits per heavy atom. The summed E-state index contributed by atoms with van der Waals surface area (Å²) in [7, 11) is 1.33. The summed E-state index contributed by atoms with van der Waals surface area (Å²) < 4.78 is 4.66. The highest BCUT2D eigenvalue weighted by molar-refractivity contribution is 5.95. The third kappa shape index (κ3) is 4.84. The van der Waals surface area contributed by atoms with E-state index in [0.717, 1.165) is 32.6 Å². The highest BCUT2D eigenvalue weighted by Gasteiger charge is 2.13. The molecule has 1 aliphatic rings. The molecule has 0 saturated carbocycles. The number of hydrogen-bond acceptors (Lipinski definition) is 5. The molecule has 0 spiro atoms. The minimum absolute atomic E-state index is 0.0704. The third-order valence-corrected chi connectivity index (χ3v) is 3.37. The molecule has 6 nitrogen and oxygen atoms in total. The number of esters is 1. The Bertz CT molecular complexity index is 497. The molecule has 1 amide bonds. The molecule has 1 aromatic rings. The Kier molecular flexibility index (Phi) is 5.71. The number of ether oxygens (including phenoxy) is 1. The van der Waals surface area contributed by atoms with E-state index in [1.165, 1.54) is 7.11 Å². The fourth-order valence-corrected chi connectivity index (χ4v) is 2.31. The molecule has 1 fully saturated rings. The summed E-state index contributed by atoms with van der Waals surface area (Å²) in [6, 6.07) is 6.75. The van der Waals surface area contributed by atoms with Crippen molar-refractivity contribution < 1.29 is 14.3 Å². The lowest BCUT2D eigenvalue weighted by atomic mass is 10.2. The summed E-state index contributed by atoms with van der Waals surface area (Å²) in [5.41, 5.74) is 1.03. The van der Waals surface area contributed by atoms with Crippen LogP contribution in [0.1, 0.15) is 16.8 Å². The summed E-state index contributed by atoms with van der Waals surface area (Å²) in [5, 5.41) is 6.12. The third-order valence-electron chi connectivity index (χ3n) is 3.37. The van der Waals surface area contributed by atoms with Gasteiger partial charge in [0.25, 0.3) is 0 Å². The van der Waals surface area contributed by atoms with Gasteiger partial charge in [-0.05, 0) is 37.7 Å². The summed E-state index contributed by atoms with van der Waals surface area (Å²) in [4.78, 5) is 25.6. The predicted molar refractivity (Wildman–Crippen MR) is 80.3 cm³/mol. The van der Waals surface area contributed by atoms with Crippen LogP contribution in [0.4, 0.5) is 5.69 Å². The number of methoxy groups -OCH3 is 1. The molecule has 6 heteroatoms. The van der Waals surface area contributed by atoms with Crippen molar-refractivity contribution in [2.45, 2.75) is 6.42 Å². The average Bonchev–Trinajstić information content (AvgIpc) is 2.75. The van der Waals surface area contributed by atoms with Gasteiger partial charge in [0.15, 0.2) is 0 Å². The van der Waals surface area contributed by atoms with E-state index in [-0.39, 0.29) is 5.91 Å². The average molecular weight is 291 g/mol. The van der Waals surface area contributed by atoms with Crippen LogP contribution >= 0.6 is 0 Å². The molecule has 21 heavy (non-hydrogen) atoms. The summed E-state index contributed by atoms with van der Waals surface area (Å²) in [5.74, 6) is -0.483. The van der Waals surface area contributed by atoms with E-state index in [1.54, 1.807) is 24.3 Å². The normalized spacial score (nSPS) is 16.0. The van der Waals surface area contributed by atoms with Crippen molar-refractivity contribution >= 4 is 17.6 Å². The van der Waals surface area contributed by atoms with Crippen molar-refractivity contribution in [3.63, 3.8) is 0 Å². The van der Waals surface area contributed by atoms with Gasteiger partial charge in [0, 0.05) is 18.8 Å². The highest BCUT2D eigenvalue weighted by atomic mass is 16.5. The second kappa shape index (κ2) is 7.75. The zero-order valence-corrected chi connectivity index (χ0v) is 12.2. The number of nitrogens with one attached hydrogen (secondary N) is 2. The van der Waals surface area contributed by atoms with Crippen LogP contribution in [0, 0.1) is 0 Å². The predicted octanol–water partition coefficient (Wildman–Crippen LogP) is 0.707. The first-order valence-electron chi connectivity index (χ1n) is 7.10. The quantitative estimate of drug-likeness (QED) is 0.799. The molecular weight excluding hydrogens is 270 g/mol. The number of rotatable bonds is 4. The molecule has 1 heterocycles. The molecule has 0 bridgehead atoms. The van der Waals surface area contributed by atoms with Crippen LogP contribution < -0.4 is 10.6 Å². The van der Waals surface area contributed by atoms with Crippen LogP contribution in [0.25, 0.3) is 0 Å². The number of amides is 1. The van der Waals surface area contributed by atoms with Gasteiger partial charge in [0.05, 0.1) is 19.2 Å². The van der Waals surface area contributed by atoms with Crippen LogP contribution in [0.3, 0.4) is 0 Å². The van der Waals surface area contributed by atoms with Crippen molar-refractivity contribution in [1.82, 2.24) is 10.2 Å². The van der Waals surface area contributed by atoms with Crippen LogP contribution in [0.5, 0.6) is 0 Å². The molecule has 0 atom stereocenters. The van der Waals surface area contributed by atoms with Crippen molar-refractivity contribution in [3.05, 3.63) is 29.8 Å². The standard InChI is InChI=1S/C15H21N3O3/c1-21-15(20)12-4-2-5-13(10-12)17-14(19)11-18-8-3-6-16-7-9-18/h2,4-5,10,16H,3,6-9,11H2,1H3,(H,17,19). The maximum absolute atomic E-state index is 12.1. The first-order valence-corrected chi connectivity index (χ1v) is 7.10. The molecule has 1 saturated heterocycles. The molecular formula is C15H21N3O3. The van der Waals surface area contributed by atoms with Crippen molar-refractivity contribution in [2.24, 2.45) is 0 Å². The number of benzene rings is 1. The Morgan fingerprint density at radius 3 is 3.00 bits per heavy atom. The van der Waals surface area contributed by atoms with Gasteiger partial charge < -0.3 is 15.4 Å². The zero-order valence-electron chi connectivity index (χ0n) is 12.2. The highest BCUT2D eigenvalue weighted by Crippen LogP contribution is 2.11. The smallest absolute Gasteiger partial charge is 0.337 e. The van der Waals surface area contributed by atoms with Crippen molar-refractivity contribution in [1.29, 1.82) is 0 Å². The maximum atomic E-state index is 12.1. The van der Waals surface area contributed by atoms with E-state index in [4.69, 9.17) is 0 Å². The van der Waals surface area contributed by atoms with Crippen molar-refractivity contribution in [2.75, 3.05) is 45.2 Å². The molecule has 114 valence electrons. The lowest BCUT2D eigenvalue weighted by molar-refractivity contribution is -0.117. The van der Waals surface area contributed by atoms with E-state index in [2.05, 4.69) is 20.3 Å². The number of carbonyl (C=O) groups is 2. The minimum atomic E-state index is -0.412. The Labute approximate surface area is 124 Å². The Hall–Kier alpha value is -1.92. The SMILES string of the molecule is COC(=O)c1cccc(NC(=O)CN2CCCNCC2)c1. The molecule has 0 aromatic heterocycles. The van der Waals surface area contributed by atoms with Gasteiger partial charge in [-0.1, -0.05) is 6.07 Å². The number of nitrogens with zero attached hydrogens (tertiary/aromatic N) is 1. The van der Waals surface area contributed by atoms with Crippen LogP contribution in [0.15, 0.2) is 24.3 Å². The van der Waals surface area contributed by atoms with Gasteiger partial charge in [-0.25, -0.2) is 4.79 Å². The number of carbonyl (C=O) groups excluding carboxylic acids is 2. The molecule has 0 radical (unpaired) electrons. The number of anilines is 1. The molecule has 0 unspecified atom stereocenters. The molecule has 0 aliphatic carbocycles. The second-order valence-electron chi connectivity index (χ2n) is 5.00. The fraction of sp³-hybridized carbons (Fsp3) is 0.467. The summed E-state index contributed by atoms with van der Waals surface area (Å²) in [6.45, 7) is 4.06. The van der Waals surface area contributed by atoms with Gasteiger partial charge >= 0.3 is 5.97 Å². The lowest BCUT2D eigenvalue weighted by Crippen LogP contribution is -2.35. The van der Waals surface area contributed by atoms with Gasteiger partial charge in [0.1, 0.15) is 0 Å². The topological polar surface area (TPSA) is 70.7 Å². The summed E-state index contributed by atoms with van der Waals surface area (Å²) in [6.07, 6.45) is 1.05. The van der Waals surface area contributed by atoms with E-state index < -0.39 is 5.97 Å².